The highest BCUT2D eigenvalue weighted by molar-refractivity contribution is 7.33. The summed E-state index contributed by atoms with van der Waals surface area (Å²) < 4.78 is 11.8. The van der Waals surface area contributed by atoms with E-state index in [4.69, 9.17) is 4.42 Å². The zero-order valence-electron chi connectivity index (χ0n) is 30.5. The predicted molar refractivity (Wildman–Crippen MR) is 248 cm³/mol. The SMILES string of the molecule is c1ccc2c(c1)oc1cc(-c3c4ccccc4c(-c4ccc(-c5cc6sc7c(ccc8c9ccccc9sc87)c6c6ccccc56)cc4)c4ccccc34)ccc12. The van der Waals surface area contributed by atoms with Crippen LogP contribution in [0, 0.1) is 0 Å². The van der Waals surface area contributed by atoms with Crippen molar-refractivity contribution in [2.24, 2.45) is 0 Å². The minimum atomic E-state index is 0.913. The number of furan rings is 1. The number of hydrogen-bond acceptors (Lipinski definition) is 3. The van der Waals surface area contributed by atoms with Crippen LogP contribution in [0.2, 0.25) is 0 Å². The summed E-state index contributed by atoms with van der Waals surface area (Å²) in [5.74, 6) is 0. The second-order valence-electron chi connectivity index (χ2n) is 15.1. The smallest absolute Gasteiger partial charge is 0.136 e. The molecule has 0 bridgehead atoms. The van der Waals surface area contributed by atoms with Gasteiger partial charge in [0.1, 0.15) is 11.2 Å². The Hall–Kier alpha value is -6.78. The summed E-state index contributed by atoms with van der Waals surface area (Å²) in [6.07, 6.45) is 0. The van der Waals surface area contributed by atoms with Crippen LogP contribution in [0.3, 0.4) is 0 Å². The molecule has 0 saturated heterocycles. The summed E-state index contributed by atoms with van der Waals surface area (Å²) in [6.45, 7) is 0. The monoisotopic (exact) mass is 758 g/mol. The van der Waals surface area contributed by atoms with Crippen LogP contribution >= 0.6 is 22.7 Å². The van der Waals surface area contributed by atoms with Crippen molar-refractivity contribution >= 4 is 117 Å². The molecule has 13 aromatic rings. The molecule has 1 nitrogen and oxygen atoms in total. The predicted octanol–water partition coefficient (Wildman–Crippen LogP) is 16.8. The lowest BCUT2D eigenvalue weighted by Crippen LogP contribution is -1.91. The van der Waals surface area contributed by atoms with Crippen molar-refractivity contribution in [3.63, 3.8) is 0 Å². The van der Waals surface area contributed by atoms with Gasteiger partial charge in [0, 0.05) is 41.7 Å². The minimum Gasteiger partial charge on any atom is -0.456 e. The van der Waals surface area contributed by atoms with Crippen molar-refractivity contribution in [2.75, 3.05) is 0 Å². The van der Waals surface area contributed by atoms with Crippen LogP contribution < -0.4 is 0 Å². The summed E-state index contributed by atoms with van der Waals surface area (Å²) >= 11 is 3.86. The molecule has 0 atom stereocenters. The second kappa shape index (κ2) is 11.9. The van der Waals surface area contributed by atoms with E-state index < -0.39 is 0 Å². The lowest BCUT2D eigenvalue weighted by Gasteiger charge is -2.18. The molecule has 264 valence electrons. The highest BCUT2D eigenvalue weighted by Crippen LogP contribution is 2.49. The Labute approximate surface area is 335 Å². The summed E-state index contributed by atoms with van der Waals surface area (Å²) in [5, 5.41) is 15.3. The van der Waals surface area contributed by atoms with Gasteiger partial charge >= 0.3 is 0 Å². The molecule has 3 heteroatoms. The first-order chi connectivity index (χ1) is 28.3. The van der Waals surface area contributed by atoms with Gasteiger partial charge < -0.3 is 4.42 Å². The average molecular weight is 759 g/mol. The second-order valence-corrected chi connectivity index (χ2v) is 17.2. The molecule has 0 unspecified atom stereocenters. The van der Waals surface area contributed by atoms with Crippen molar-refractivity contribution in [1.29, 1.82) is 0 Å². The topological polar surface area (TPSA) is 13.1 Å². The lowest BCUT2D eigenvalue weighted by molar-refractivity contribution is 0.669. The number of para-hydroxylation sites is 1. The first-order valence-electron chi connectivity index (χ1n) is 19.4. The zero-order valence-corrected chi connectivity index (χ0v) is 32.2. The number of rotatable bonds is 3. The highest BCUT2D eigenvalue weighted by Gasteiger charge is 2.20. The van der Waals surface area contributed by atoms with Crippen molar-refractivity contribution in [3.8, 4) is 33.4 Å². The highest BCUT2D eigenvalue weighted by atomic mass is 32.1. The molecule has 0 N–H and O–H groups in total. The van der Waals surface area contributed by atoms with Gasteiger partial charge in [-0.1, -0.05) is 152 Å². The Morgan fingerprint density at radius 2 is 0.789 bits per heavy atom. The van der Waals surface area contributed by atoms with Gasteiger partial charge in [-0.15, -0.1) is 22.7 Å². The quantitative estimate of drug-likeness (QED) is 0.164. The van der Waals surface area contributed by atoms with Gasteiger partial charge in [0.25, 0.3) is 0 Å². The Morgan fingerprint density at radius 3 is 1.53 bits per heavy atom. The molecule has 3 heterocycles. The molecule has 0 aliphatic heterocycles. The van der Waals surface area contributed by atoms with E-state index in [-0.39, 0.29) is 0 Å². The Morgan fingerprint density at radius 1 is 0.298 bits per heavy atom. The zero-order chi connectivity index (χ0) is 37.2. The van der Waals surface area contributed by atoms with Crippen molar-refractivity contribution < 1.29 is 4.42 Å². The van der Waals surface area contributed by atoms with E-state index in [9.17, 15) is 0 Å². The molecule has 0 saturated carbocycles. The van der Waals surface area contributed by atoms with E-state index in [1.165, 1.54) is 100 Å². The summed E-state index contributed by atoms with van der Waals surface area (Å²) in [4.78, 5) is 0. The molecule has 0 spiro atoms. The van der Waals surface area contributed by atoms with Gasteiger partial charge in [0.15, 0.2) is 0 Å². The number of benzene rings is 10. The molecular formula is C54H30OS2. The van der Waals surface area contributed by atoms with Crippen LogP contribution in [0.5, 0.6) is 0 Å². The van der Waals surface area contributed by atoms with E-state index >= 15 is 0 Å². The maximum absolute atomic E-state index is 6.37. The van der Waals surface area contributed by atoms with E-state index in [2.05, 4.69) is 170 Å². The molecule has 57 heavy (non-hydrogen) atoms. The third-order valence-corrected chi connectivity index (χ3v) is 14.6. The van der Waals surface area contributed by atoms with Crippen LogP contribution in [0.25, 0.3) is 128 Å². The first-order valence-corrected chi connectivity index (χ1v) is 21.0. The van der Waals surface area contributed by atoms with E-state index in [0.29, 0.717) is 0 Å². The standard InChI is InChI=1S/C54H30OS2/c1-2-14-38-34(11-1)45(30-49-52(38)44-28-27-43-37-13-8-10-20-48(37)56-53(43)54(44)57-49)31-21-23-32(24-22-31)50-39-15-3-5-17-41(39)51(42-18-6-4-16-40(42)50)33-25-26-36-35-12-7-9-19-46(35)55-47(36)29-33/h1-30H. The van der Waals surface area contributed by atoms with E-state index in [0.717, 1.165) is 27.5 Å². The number of hydrogen-bond donors (Lipinski definition) is 0. The Bertz CT molecular complexity index is 3750. The van der Waals surface area contributed by atoms with Crippen LogP contribution in [-0.4, -0.2) is 0 Å². The summed E-state index contributed by atoms with van der Waals surface area (Å²) in [6, 6.07) is 67.0. The average Bonchev–Trinajstić information content (AvgIpc) is 3.96. The molecule has 0 aliphatic rings. The fraction of sp³-hybridized carbons (Fsp3) is 0. The molecule has 0 fully saturated rings. The fourth-order valence-corrected chi connectivity index (χ4v) is 12.2. The molecule has 0 radical (unpaired) electrons. The molecule has 3 aromatic heterocycles. The number of fused-ring (bicyclic) bond motifs is 14. The summed E-state index contributed by atoms with van der Waals surface area (Å²) in [7, 11) is 0. The van der Waals surface area contributed by atoms with Crippen molar-refractivity contribution in [3.05, 3.63) is 182 Å². The maximum Gasteiger partial charge on any atom is 0.136 e. The maximum atomic E-state index is 6.37. The lowest BCUT2D eigenvalue weighted by atomic mass is 9.85. The van der Waals surface area contributed by atoms with Gasteiger partial charge in [-0.3, -0.25) is 0 Å². The van der Waals surface area contributed by atoms with Crippen molar-refractivity contribution in [2.45, 2.75) is 0 Å². The Kier molecular flexibility index (Phi) is 6.54. The summed E-state index contributed by atoms with van der Waals surface area (Å²) in [5.41, 5.74) is 9.20. The number of thiophene rings is 2. The molecule has 10 aromatic carbocycles. The van der Waals surface area contributed by atoms with Gasteiger partial charge in [-0.2, -0.15) is 0 Å². The largest absolute Gasteiger partial charge is 0.456 e. The van der Waals surface area contributed by atoms with Gasteiger partial charge in [0.2, 0.25) is 0 Å². The normalized spacial score (nSPS) is 12.2. The molecule has 0 amide bonds. The van der Waals surface area contributed by atoms with Crippen LogP contribution in [0.1, 0.15) is 0 Å². The third-order valence-electron chi connectivity index (χ3n) is 12.1. The fourth-order valence-electron chi connectivity index (χ4n) is 9.57. The van der Waals surface area contributed by atoms with E-state index in [1.807, 2.05) is 34.8 Å². The van der Waals surface area contributed by atoms with Gasteiger partial charge in [0.05, 0.1) is 9.40 Å². The van der Waals surface area contributed by atoms with Gasteiger partial charge in [-0.25, -0.2) is 0 Å². The minimum absolute atomic E-state index is 0.913. The molecule has 0 aliphatic carbocycles. The molecule has 13 rings (SSSR count). The van der Waals surface area contributed by atoms with Crippen molar-refractivity contribution in [1.82, 2.24) is 0 Å². The first kappa shape index (κ1) is 31.4. The van der Waals surface area contributed by atoms with Gasteiger partial charge in [-0.05, 0) is 96.0 Å². The third kappa shape index (κ3) is 4.50. The molecular weight excluding hydrogens is 729 g/mol. The van der Waals surface area contributed by atoms with Crippen LogP contribution in [0.4, 0.5) is 0 Å². The Balaban J connectivity index is 0.988. The van der Waals surface area contributed by atoms with Crippen LogP contribution in [0.15, 0.2) is 186 Å². The van der Waals surface area contributed by atoms with E-state index in [1.54, 1.807) is 0 Å². The van der Waals surface area contributed by atoms with Crippen LogP contribution in [-0.2, 0) is 0 Å².